The minimum Gasteiger partial charge on any atom is -0.244 e. The van der Waals surface area contributed by atoms with Gasteiger partial charge < -0.3 is 0 Å². The molecule has 0 nitrogen and oxygen atoms in total. The zero-order chi connectivity index (χ0) is 10.7. The van der Waals surface area contributed by atoms with Crippen LogP contribution in [-0.2, 0) is 0 Å². The Bertz CT molecular complexity index is 226. The third-order valence-corrected chi connectivity index (χ3v) is 4.96. The van der Waals surface area contributed by atoms with Crippen LogP contribution in [0.2, 0.25) is 0 Å². The highest BCUT2D eigenvalue weighted by molar-refractivity contribution is 5.03. The highest BCUT2D eigenvalue weighted by Gasteiger charge is 2.52. The van der Waals surface area contributed by atoms with Crippen LogP contribution in [0.15, 0.2) is 0 Å². The zero-order valence-electron chi connectivity index (χ0n) is 10.1. The van der Waals surface area contributed by atoms with E-state index in [1.807, 2.05) is 0 Å². The summed E-state index contributed by atoms with van der Waals surface area (Å²) < 4.78 is 13.9. The van der Waals surface area contributed by atoms with E-state index in [9.17, 15) is 4.39 Å². The molecule has 0 spiro atoms. The molecule has 4 aliphatic carbocycles. The highest BCUT2D eigenvalue weighted by Crippen LogP contribution is 2.62. The number of hydrogen-bond acceptors (Lipinski definition) is 0. The molecule has 4 fully saturated rings. The van der Waals surface area contributed by atoms with E-state index in [0.717, 1.165) is 24.2 Å². The van der Waals surface area contributed by atoms with Gasteiger partial charge in [-0.2, -0.15) is 0 Å². The van der Waals surface area contributed by atoms with E-state index >= 15 is 0 Å². The molecule has 4 aliphatic rings. The first-order chi connectivity index (χ1) is 6.94. The van der Waals surface area contributed by atoms with Crippen LogP contribution in [0.5, 0.6) is 0 Å². The van der Waals surface area contributed by atoms with Gasteiger partial charge in [0.25, 0.3) is 0 Å². The fraction of sp³-hybridized carbons (Fsp3) is 1.00. The topological polar surface area (TPSA) is 0 Å². The average Bonchev–Trinajstić information content (AvgIpc) is 1.94. The smallest absolute Gasteiger partial charge is 0.106 e. The molecule has 0 radical (unpaired) electrons. The van der Waals surface area contributed by atoms with Gasteiger partial charge in [-0.1, -0.05) is 0 Å². The maximum absolute atomic E-state index is 13.9. The Kier molecular flexibility index (Phi) is 2.01. The van der Waals surface area contributed by atoms with Gasteiger partial charge in [-0.15, -0.1) is 0 Å². The molecule has 0 heterocycles. The number of alkyl halides is 1. The minimum absolute atomic E-state index is 0.410. The molecule has 0 aromatic carbocycles. The first-order valence-corrected chi connectivity index (χ1v) is 6.63. The molecule has 0 atom stereocenters. The standard InChI is InChI=1S/C14H23F/c1-13(2,15)9-14-6-10-3-11(7-14)5-12(4-10)8-14/h10-12H,3-9H2,1-2H3. The summed E-state index contributed by atoms with van der Waals surface area (Å²) >= 11 is 0. The van der Waals surface area contributed by atoms with Crippen molar-refractivity contribution >= 4 is 0 Å². The van der Waals surface area contributed by atoms with Gasteiger partial charge in [0.05, 0.1) is 0 Å². The second kappa shape index (κ2) is 2.99. The molecule has 0 aromatic rings. The predicted molar refractivity (Wildman–Crippen MR) is 60.4 cm³/mol. The largest absolute Gasteiger partial charge is 0.244 e. The van der Waals surface area contributed by atoms with Crippen molar-refractivity contribution in [3.63, 3.8) is 0 Å². The van der Waals surface area contributed by atoms with Crippen molar-refractivity contribution in [2.45, 2.75) is 64.5 Å². The lowest BCUT2D eigenvalue weighted by Crippen LogP contribution is -2.48. The van der Waals surface area contributed by atoms with Crippen molar-refractivity contribution in [1.29, 1.82) is 0 Å². The fourth-order valence-electron chi connectivity index (χ4n) is 5.40. The minimum atomic E-state index is -0.953. The number of halogens is 1. The Morgan fingerprint density at radius 1 is 1.00 bits per heavy atom. The summed E-state index contributed by atoms with van der Waals surface area (Å²) in [5.41, 5.74) is -0.543. The van der Waals surface area contributed by atoms with Crippen LogP contribution < -0.4 is 0 Å². The number of hydrogen-bond donors (Lipinski definition) is 0. The third-order valence-electron chi connectivity index (χ3n) is 4.96. The summed E-state index contributed by atoms with van der Waals surface area (Å²) in [6.45, 7) is 3.54. The molecule has 0 unspecified atom stereocenters. The van der Waals surface area contributed by atoms with Crippen molar-refractivity contribution in [2.75, 3.05) is 0 Å². The summed E-state index contributed by atoms with van der Waals surface area (Å²) in [5.74, 6) is 2.87. The molecular formula is C14H23F. The van der Waals surface area contributed by atoms with E-state index < -0.39 is 5.67 Å². The van der Waals surface area contributed by atoms with Gasteiger partial charge >= 0.3 is 0 Å². The van der Waals surface area contributed by atoms with Gasteiger partial charge in [0, 0.05) is 0 Å². The van der Waals surface area contributed by atoms with Crippen LogP contribution >= 0.6 is 0 Å². The van der Waals surface area contributed by atoms with Crippen LogP contribution in [0.1, 0.15) is 58.8 Å². The van der Waals surface area contributed by atoms with Gasteiger partial charge in [-0.3, -0.25) is 0 Å². The lowest BCUT2D eigenvalue weighted by molar-refractivity contribution is -0.0781. The Hall–Kier alpha value is -0.0700. The molecular weight excluding hydrogens is 187 g/mol. The molecule has 15 heavy (non-hydrogen) atoms. The van der Waals surface area contributed by atoms with Crippen molar-refractivity contribution in [1.82, 2.24) is 0 Å². The van der Waals surface area contributed by atoms with E-state index in [2.05, 4.69) is 0 Å². The molecule has 4 saturated carbocycles. The molecule has 4 bridgehead atoms. The van der Waals surface area contributed by atoms with Gasteiger partial charge in [0.2, 0.25) is 0 Å². The van der Waals surface area contributed by atoms with Crippen LogP contribution in [-0.4, -0.2) is 5.67 Å². The highest BCUT2D eigenvalue weighted by atomic mass is 19.1. The molecule has 0 amide bonds. The molecule has 0 aromatic heterocycles. The lowest BCUT2D eigenvalue weighted by atomic mass is 9.48. The van der Waals surface area contributed by atoms with Crippen LogP contribution in [0, 0.1) is 23.2 Å². The number of rotatable bonds is 2. The molecule has 4 rings (SSSR count). The van der Waals surface area contributed by atoms with Crippen molar-refractivity contribution in [3.8, 4) is 0 Å². The van der Waals surface area contributed by atoms with Crippen LogP contribution in [0.25, 0.3) is 0 Å². The van der Waals surface area contributed by atoms with Gasteiger partial charge in [0.15, 0.2) is 0 Å². The summed E-state index contributed by atoms with van der Waals surface area (Å²) in [4.78, 5) is 0. The first kappa shape index (κ1) is 10.1. The van der Waals surface area contributed by atoms with Gasteiger partial charge in [-0.25, -0.2) is 4.39 Å². The Balaban J connectivity index is 1.81. The normalized spacial score (nSPS) is 48.6. The molecule has 1 heteroatoms. The summed E-state index contributed by atoms with van der Waals surface area (Å²) in [7, 11) is 0. The van der Waals surface area contributed by atoms with Crippen molar-refractivity contribution in [3.05, 3.63) is 0 Å². The van der Waals surface area contributed by atoms with Crippen LogP contribution in [0.4, 0.5) is 4.39 Å². The average molecular weight is 210 g/mol. The molecule has 86 valence electrons. The second-order valence-corrected chi connectivity index (χ2v) is 7.31. The lowest BCUT2D eigenvalue weighted by Gasteiger charge is -2.58. The Morgan fingerprint density at radius 2 is 1.40 bits per heavy atom. The Labute approximate surface area is 92.6 Å². The van der Waals surface area contributed by atoms with E-state index in [-0.39, 0.29) is 0 Å². The SMILES string of the molecule is CC(C)(F)CC12CC3CC(CC(C3)C1)C2. The predicted octanol–water partition coefficient (Wildman–Crippen LogP) is 4.34. The summed E-state index contributed by atoms with van der Waals surface area (Å²) in [6.07, 6.45) is 9.23. The maximum Gasteiger partial charge on any atom is 0.106 e. The maximum atomic E-state index is 13.9. The van der Waals surface area contributed by atoms with Crippen molar-refractivity contribution < 1.29 is 4.39 Å². The molecule has 0 aliphatic heterocycles. The van der Waals surface area contributed by atoms with Gasteiger partial charge in [-0.05, 0) is 82.0 Å². The fourth-order valence-corrected chi connectivity index (χ4v) is 5.40. The van der Waals surface area contributed by atoms with Crippen molar-refractivity contribution in [2.24, 2.45) is 23.2 Å². The van der Waals surface area contributed by atoms with E-state index in [1.165, 1.54) is 38.5 Å². The van der Waals surface area contributed by atoms with Gasteiger partial charge in [0.1, 0.15) is 5.67 Å². The third kappa shape index (κ3) is 1.83. The summed E-state index contributed by atoms with van der Waals surface area (Å²) in [5, 5.41) is 0. The monoisotopic (exact) mass is 210 g/mol. The van der Waals surface area contributed by atoms with E-state index in [4.69, 9.17) is 0 Å². The molecule has 0 N–H and O–H groups in total. The molecule has 0 saturated heterocycles. The Morgan fingerprint density at radius 3 is 1.73 bits per heavy atom. The van der Waals surface area contributed by atoms with E-state index in [1.54, 1.807) is 13.8 Å². The first-order valence-electron chi connectivity index (χ1n) is 6.63. The van der Waals surface area contributed by atoms with Crippen LogP contribution in [0.3, 0.4) is 0 Å². The second-order valence-electron chi connectivity index (χ2n) is 7.31. The zero-order valence-corrected chi connectivity index (χ0v) is 10.1. The van der Waals surface area contributed by atoms with E-state index in [0.29, 0.717) is 5.41 Å². The summed E-state index contributed by atoms with van der Waals surface area (Å²) in [6, 6.07) is 0. The quantitative estimate of drug-likeness (QED) is 0.636.